The molecule has 0 saturated carbocycles. The van der Waals surface area contributed by atoms with Crippen molar-refractivity contribution < 1.29 is 40.8 Å². The van der Waals surface area contributed by atoms with Gasteiger partial charge in [-0.15, -0.1) is 0 Å². The average molecular weight is 733 g/mol. The van der Waals surface area contributed by atoms with E-state index in [0.29, 0.717) is 29.8 Å². The van der Waals surface area contributed by atoms with Crippen molar-refractivity contribution in [3.63, 3.8) is 0 Å². The second-order valence-electron chi connectivity index (χ2n) is 11.9. The Labute approximate surface area is 289 Å². The molecule has 0 spiro atoms. The first-order valence-electron chi connectivity index (χ1n) is 15.4. The molecule has 1 heterocycles. The maximum Gasteiger partial charge on any atom is 0.407 e. The lowest BCUT2D eigenvalue weighted by atomic mass is 10.2. The number of carbonyl (C=O) groups is 4. The lowest BCUT2D eigenvalue weighted by molar-refractivity contribution is 0.0526. The highest BCUT2D eigenvalue weighted by molar-refractivity contribution is 7.90. The van der Waals surface area contributed by atoms with Gasteiger partial charge in [0.2, 0.25) is 10.0 Å². The Morgan fingerprint density at radius 2 is 1.22 bits per heavy atom. The first-order chi connectivity index (χ1) is 23.4. The maximum atomic E-state index is 13.4. The molecule has 0 saturated heterocycles. The second-order valence-corrected chi connectivity index (χ2v) is 15.3. The molecule has 3 aromatic rings. The Morgan fingerprint density at radius 1 is 0.680 bits per heavy atom. The Morgan fingerprint density at radius 3 is 1.82 bits per heavy atom. The molecule has 0 atom stereocenters. The molecule has 2 aromatic carbocycles. The Kier molecular flexibility index (Phi) is 13.4. The number of primary sulfonamides is 1. The molecule has 0 aliphatic carbocycles. The van der Waals surface area contributed by atoms with Gasteiger partial charge < -0.3 is 26.0 Å². The van der Waals surface area contributed by atoms with Crippen LogP contribution in [0.5, 0.6) is 0 Å². The second kappa shape index (κ2) is 17.0. The first-order valence-corrected chi connectivity index (χ1v) is 18.4. The maximum absolute atomic E-state index is 13.4. The van der Waals surface area contributed by atoms with E-state index in [1.807, 2.05) is 0 Å². The standard InChI is InChI=1S/C32H40N6O10S2/c1-32(2,3)48-31(43)37-19-18-36-29(41)23-8-7-9-26(20-23)50(46,47)38-21-24(12-15-27(38)39)30(42)35-17-6-4-5-16-34-28(40)22-10-13-25(14-11-22)49(33,44)45/h7-15,20-21H,4-6,16-19H2,1-3H3,(H,34,40)(H,35,42)(H,36,41)(H,37,43)(H2,33,44,45). The number of benzene rings is 2. The van der Waals surface area contributed by atoms with Gasteiger partial charge in [0.15, 0.2) is 0 Å². The number of nitrogens with one attached hydrogen (secondary N) is 4. The van der Waals surface area contributed by atoms with E-state index in [2.05, 4.69) is 21.3 Å². The molecule has 0 unspecified atom stereocenters. The fourth-order valence-corrected chi connectivity index (χ4v) is 6.11. The van der Waals surface area contributed by atoms with Gasteiger partial charge in [-0.3, -0.25) is 19.2 Å². The number of aromatic nitrogens is 1. The third-order valence-electron chi connectivity index (χ3n) is 6.74. The van der Waals surface area contributed by atoms with E-state index in [0.717, 1.165) is 18.3 Å². The van der Waals surface area contributed by atoms with E-state index < -0.39 is 49.1 Å². The fraction of sp³-hybridized carbons (Fsp3) is 0.344. The molecule has 16 nitrogen and oxygen atoms in total. The van der Waals surface area contributed by atoms with Gasteiger partial charge in [-0.1, -0.05) is 6.07 Å². The number of pyridine rings is 1. The van der Waals surface area contributed by atoms with Gasteiger partial charge in [-0.25, -0.2) is 30.7 Å². The summed E-state index contributed by atoms with van der Waals surface area (Å²) in [5.74, 6) is -1.62. The van der Waals surface area contributed by atoms with Crippen LogP contribution in [-0.4, -0.2) is 76.4 Å². The molecule has 0 fully saturated rings. The minimum absolute atomic E-state index is 0.0105. The van der Waals surface area contributed by atoms with E-state index in [-0.39, 0.29) is 52.0 Å². The number of sulfonamides is 1. The molecule has 0 aliphatic heterocycles. The number of amides is 4. The van der Waals surface area contributed by atoms with Crippen molar-refractivity contribution in [1.82, 2.24) is 25.2 Å². The number of nitrogens with two attached hydrogens (primary N) is 1. The van der Waals surface area contributed by atoms with Gasteiger partial charge in [0.1, 0.15) is 5.60 Å². The fourth-order valence-electron chi connectivity index (χ4n) is 4.29. The zero-order valence-corrected chi connectivity index (χ0v) is 29.4. The van der Waals surface area contributed by atoms with Crippen LogP contribution < -0.4 is 32.0 Å². The van der Waals surface area contributed by atoms with Crippen molar-refractivity contribution in [2.45, 2.75) is 55.4 Å². The van der Waals surface area contributed by atoms with Crippen LogP contribution in [-0.2, 0) is 24.8 Å². The summed E-state index contributed by atoms with van der Waals surface area (Å²) in [5, 5.41) is 15.5. The summed E-state index contributed by atoms with van der Waals surface area (Å²) in [6.45, 7) is 5.79. The zero-order chi connectivity index (χ0) is 37.1. The minimum atomic E-state index is -4.50. The zero-order valence-electron chi connectivity index (χ0n) is 27.7. The van der Waals surface area contributed by atoms with Crippen molar-refractivity contribution in [1.29, 1.82) is 0 Å². The topological polar surface area (TPSA) is 242 Å². The third-order valence-corrected chi connectivity index (χ3v) is 9.32. The van der Waals surface area contributed by atoms with E-state index in [4.69, 9.17) is 9.88 Å². The number of hydrogen-bond acceptors (Lipinski definition) is 10. The lowest BCUT2D eigenvalue weighted by Gasteiger charge is -2.19. The summed E-state index contributed by atoms with van der Waals surface area (Å²) in [6, 6.07) is 12.4. The summed E-state index contributed by atoms with van der Waals surface area (Å²) in [5.41, 5.74) is -1.42. The van der Waals surface area contributed by atoms with Gasteiger partial charge >= 0.3 is 6.09 Å². The van der Waals surface area contributed by atoms with Gasteiger partial charge in [-0.05, 0) is 88.6 Å². The van der Waals surface area contributed by atoms with Crippen molar-refractivity contribution in [3.05, 3.63) is 93.9 Å². The molecule has 0 radical (unpaired) electrons. The molecule has 3 rings (SSSR count). The Hall–Kier alpha value is -5.07. The van der Waals surface area contributed by atoms with Crippen LogP contribution in [0.2, 0.25) is 0 Å². The molecule has 270 valence electrons. The number of rotatable bonds is 15. The number of ether oxygens (including phenoxy) is 1. The van der Waals surface area contributed by atoms with Crippen molar-refractivity contribution in [2.24, 2.45) is 5.14 Å². The lowest BCUT2D eigenvalue weighted by Crippen LogP contribution is -2.37. The molecular formula is C32H40N6O10S2. The van der Waals surface area contributed by atoms with E-state index >= 15 is 0 Å². The summed E-state index contributed by atoms with van der Waals surface area (Å²) in [7, 11) is -8.36. The Balaban J connectivity index is 1.50. The molecule has 0 bridgehead atoms. The molecule has 4 amide bonds. The average Bonchev–Trinajstić information content (AvgIpc) is 3.05. The highest BCUT2D eigenvalue weighted by Crippen LogP contribution is 2.15. The molecular weight excluding hydrogens is 693 g/mol. The summed E-state index contributed by atoms with van der Waals surface area (Å²) in [6.07, 6.45) is 2.00. The number of alkyl carbamates (subject to hydrolysis) is 1. The van der Waals surface area contributed by atoms with Crippen molar-refractivity contribution in [3.8, 4) is 0 Å². The SMILES string of the molecule is CC(C)(C)OC(=O)NCCNC(=O)c1cccc(S(=O)(=O)n2cc(C(=O)NCCCCCNC(=O)c3ccc(S(N)(=O)=O)cc3)ccc2=O)c1. The molecule has 50 heavy (non-hydrogen) atoms. The van der Waals surface area contributed by atoms with E-state index in [1.165, 1.54) is 48.5 Å². The van der Waals surface area contributed by atoms with Crippen LogP contribution in [0.3, 0.4) is 0 Å². The van der Waals surface area contributed by atoms with E-state index in [9.17, 15) is 40.8 Å². The molecule has 18 heteroatoms. The Bertz CT molecular complexity index is 1990. The van der Waals surface area contributed by atoms with Gasteiger partial charge in [0.25, 0.3) is 33.3 Å². The van der Waals surface area contributed by atoms with E-state index in [1.54, 1.807) is 20.8 Å². The predicted molar refractivity (Wildman–Crippen MR) is 183 cm³/mol. The number of nitrogens with zero attached hydrogens (tertiary/aromatic N) is 1. The number of hydrogen-bond donors (Lipinski definition) is 5. The summed E-state index contributed by atoms with van der Waals surface area (Å²) in [4.78, 5) is 61.5. The van der Waals surface area contributed by atoms with Crippen LogP contribution in [0.15, 0.2) is 81.4 Å². The highest BCUT2D eigenvalue weighted by Gasteiger charge is 2.22. The predicted octanol–water partition coefficient (Wildman–Crippen LogP) is 1.32. The molecule has 1 aromatic heterocycles. The van der Waals surface area contributed by atoms with Crippen LogP contribution in [0.4, 0.5) is 4.79 Å². The number of carbonyl (C=O) groups excluding carboxylic acids is 4. The van der Waals surface area contributed by atoms with Gasteiger partial charge in [0, 0.05) is 49.6 Å². The minimum Gasteiger partial charge on any atom is -0.444 e. The number of unbranched alkanes of at least 4 members (excludes halogenated alkanes) is 2. The molecule has 6 N–H and O–H groups in total. The highest BCUT2D eigenvalue weighted by atomic mass is 32.2. The molecule has 0 aliphatic rings. The van der Waals surface area contributed by atoms with Crippen molar-refractivity contribution in [2.75, 3.05) is 26.2 Å². The van der Waals surface area contributed by atoms with Gasteiger partial charge in [0.05, 0.1) is 15.4 Å². The van der Waals surface area contributed by atoms with Crippen LogP contribution in [0.25, 0.3) is 0 Å². The van der Waals surface area contributed by atoms with Crippen LogP contribution in [0, 0.1) is 0 Å². The largest absolute Gasteiger partial charge is 0.444 e. The van der Waals surface area contributed by atoms with Crippen LogP contribution >= 0.6 is 0 Å². The van der Waals surface area contributed by atoms with Crippen LogP contribution in [0.1, 0.15) is 71.1 Å². The quantitative estimate of drug-likeness (QED) is 0.140. The normalized spacial score (nSPS) is 11.7. The summed E-state index contributed by atoms with van der Waals surface area (Å²) < 4.78 is 55.0. The monoisotopic (exact) mass is 732 g/mol. The first kappa shape index (κ1) is 39.4. The summed E-state index contributed by atoms with van der Waals surface area (Å²) >= 11 is 0. The van der Waals surface area contributed by atoms with Crippen molar-refractivity contribution >= 4 is 43.9 Å². The third kappa shape index (κ3) is 11.8. The van der Waals surface area contributed by atoms with Gasteiger partial charge in [-0.2, -0.15) is 0 Å². The smallest absolute Gasteiger partial charge is 0.407 e.